The van der Waals surface area contributed by atoms with Crippen molar-refractivity contribution in [2.45, 2.75) is 26.3 Å². The molecule has 0 fully saturated rings. The molecular formula is C9H13N3O2. The second-order valence-electron chi connectivity index (χ2n) is 3.99. The Labute approximate surface area is 81.6 Å². The molecule has 0 saturated carbocycles. The van der Waals surface area contributed by atoms with Crippen LogP contribution in [-0.4, -0.2) is 21.4 Å². The van der Waals surface area contributed by atoms with Gasteiger partial charge in [0.1, 0.15) is 0 Å². The van der Waals surface area contributed by atoms with Gasteiger partial charge in [0.05, 0.1) is 0 Å². The van der Waals surface area contributed by atoms with Crippen molar-refractivity contribution < 1.29 is 4.79 Å². The maximum absolute atomic E-state index is 11.5. The van der Waals surface area contributed by atoms with E-state index in [0.29, 0.717) is 0 Å². The number of H-pyrrole nitrogens is 1. The minimum absolute atomic E-state index is 0.0347. The van der Waals surface area contributed by atoms with Crippen molar-refractivity contribution in [2.24, 2.45) is 0 Å². The van der Waals surface area contributed by atoms with Gasteiger partial charge in [0.2, 0.25) is 0 Å². The Hall–Kier alpha value is -1.65. The third kappa shape index (κ3) is 3.01. The van der Waals surface area contributed by atoms with E-state index in [2.05, 4.69) is 15.3 Å². The molecule has 1 heterocycles. The maximum atomic E-state index is 11.5. The van der Waals surface area contributed by atoms with Crippen molar-refractivity contribution in [3.63, 3.8) is 0 Å². The molecule has 0 aliphatic carbocycles. The van der Waals surface area contributed by atoms with Crippen molar-refractivity contribution in [3.05, 3.63) is 28.4 Å². The van der Waals surface area contributed by atoms with Crippen molar-refractivity contribution in [3.8, 4) is 0 Å². The summed E-state index contributed by atoms with van der Waals surface area (Å²) in [5.74, 6) is -0.345. The Bertz CT molecular complexity index is 390. The van der Waals surface area contributed by atoms with E-state index in [0.717, 1.165) is 0 Å². The maximum Gasteiger partial charge on any atom is 0.287 e. The average Bonchev–Trinajstić information content (AvgIpc) is 2.01. The van der Waals surface area contributed by atoms with Crippen LogP contribution in [0.3, 0.4) is 0 Å². The number of carbonyl (C=O) groups excluding carboxylic acids is 1. The van der Waals surface area contributed by atoms with Gasteiger partial charge < -0.3 is 10.3 Å². The Morgan fingerprint density at radius 1 is 1.50 bits per heavy atom. The average molecular weight is 195 g/mol. The summed E-state index contributed by atoms with van der Waals surface area (Å²) < 4.78 is 0. The lowest BCUT2D eigenvalue weighted by molar-refractivity contribution is 0.0908. The first kappa shape index (κ1) is 10.4. The van der Waals surface area contributed by atoms with Crippen LogP contribution >= 0.6 is 0 Å². The third-order valence-electron chi connectivity index (χ3n) is 1.37. The second kappa shape index (κ2) is 3.61. The summed E-state index contributed by atoms with van der Waals surface area (Å²) in [6.07, 6.45) is 1.30. The number of carbonyl (C=O) groups is 1. The van der Waals surface area contributed by atoms with Crippen LogP contribution in [0.15, 0.2) is 17.1 Å². The molecule has 1 aromatic rings. The SMILES string of the molecule is CC(C)(C)NC(=O)c1nccc(=O)[nH]1. The Kier molecular flexibility index (Phi) is 2.69. The summed E-state index contributed by atoms with van der Waals surface area (Å²) >= 11 is 0. The molecule has 76 valence electrons. The zero-order valence-corrected chi connectivity index (χ0v) is 8.42. The van der Waals surface area contributed by atoms with Crippen molar-refractivity contribution >= 4 is 5.91 Å². The van der Waals surface area contributed by atoms with Crippen molar-refractivity contribution in [2.75, 3.05) is 0 Å². The van der Waals surface area contributed by atoms with Crippen LogP contribution < -0.4 is 10.9 Å². The van der Waals surface area contributed by atoms with Crippen LogP contribution in [0.4, 0.5) is 0 Å². The van der Waals surface area contributed by atoms with Crippen LogP contribution in [0.2, 0.25) is 0 Å². The number of hydrogen-bond acceptors (Lipinski definition) is 3. The predicted octanol–water partition coefficient (Wildman–Crippen LogP) is 0.298. The number of hydrogen-bond donors (Lipinski definition) is 2. The number of rotatable bonds is 1. The number of nitrogens with zero attached hydrogens (tertiary/aromatic N) is 1. The molecule has 1 rings (SSSR count). The molecule has 2 N–H and O–H groups in total. The highest BCUT2D eigenvalue weighted by molar-refractivity contribution is 5.90. The highest BCUT2D eigenvalue weighted by Crippen LogP contribution is 1.99. The van der Waals surface area contributed by atoms with E-state index in [1.54, 1.807) is 0 Å². The standard InChI is InChI=1S/C9H13N3O2/c1-9(2,3)12-8(14)7-10-5-4-6(13)11-7/h4-5H,1-3H3,(H,12,14)(H,10,11,13). The zero-order valence-electron chi connectivity index (χ0n) is 8.42. The molecule has 0 radical (unpaired) electrons. The highest BCUT2D eigenvalue weighted by atomic mass is 16.2. The Balaban J connectivity index is 2.86. The fraction of sp³-hybridized carbons (Fsp3) is 0.444. The summed E-state index contributed by atoms with van der Waals surface area (Å²) in [5.41, 5.74) is -0.676. The third-order valence-corrected chi connectivity index (χ3v) is 1.37. The van der Waals surface area contributed by atoms with Gasteiger partial charge in [-0.15, -0.1) is 0 Å². The van der Waals surface area contributed by atoms with Gasteiger partial charge in [0.15, 0.2) is 5.82 Å². The first-order chi connectivity index (χ1) is 6.38. The fourth-order valence-corrected chi connectivity index (χ4v) is 0.885. The normalized spacial score (nSPS) is 11.1. The molecule has 0 atom stereocenters. The molecule has 0 aromatic carbocycles. The molecule has 0 bridgehead atoms. The van der Waals surface area contributed by atoms with E-state index >= 15 is 0 Å². The monoisotopic (exact) mass is 195 g/mol. The Morgan fingerprint density at radius 2 is 2.14 bits per heavy atom. The van der Waals surface area contributed by atoms with Crippen LogP contribution in [0, 0.1) is 0 Å². The van der Waals surface area contributed by atoms with Gasteiger partial charge in [0, 0.05) is 17.8 Å². The van der Waals surface area contributed by atoms with Gasteiger partial charge in [-0.25, -0.2) is 4.98 Å². The minimum atomic E-state index is -0.379. The zero-order chi connectivity index (χ0) is 10.8. The van der Waals surface area contributed by atoms with E-state index in [1.165, 1.54) is 12.3 Å². The van der Waals surface area contributed by atoms with Gasteiger partial charge in [-0.2, -0.15) is 0 Å². The molecular weight excluding hydrogens is 182 g/mol. The van der Waals surface area contributed by atoms with Gasteiger partial charge in [-0.05, 0) is 20.8 Å². The predicted molar refractivity (Wildman–Crippen MR) is 52.1 cm³/mol. The van der Waals surface area contributed by atoms with Crippen molar-refractivity contribution in [1.29, 1.82) is 0 Å². The number of aromatic nitrogens is 2. The quantitative estimate of drug-likeness (QED) is 0.676. The lowest BCUT2D eigenvalue weighted by Gasteiger charge is -2.19. The minimum Gasteiger partial charge on any atom is -0.345 e. The summed E-state index contributed by atoms with van der Waals surface area (Å²) in [4.78, 5) is 28.5. The fourth-order valence-electron chi connectivity index (χ4n) is 0.885. The van der Waals surface area contributed by atoms with Crippen LogP contribution in [0.1, 0.15) is 31.4 Å². The molecule has 0 aliphatic heterocycles. The summed E-state index contributed by atoms with van der Waals surface area (Å²) in [6.45, 7) is 5.56. The smallest absolute Gasteiger partial charge is 0.287 e. The molecule has 14 heavy (non-hydrogen) atoms. The molecule has 0 aliphatic rings. The molecule has 1 aromatic heterocycles. The Morgan fingerprint density at radius 3 is 2.64 bits per heavy atom. The molecule has 1 amide bonds. The largest absolute Gasteiger partial charge is 0.345 e. The van der Waals surface area contributed by atoms with E-state index < -0.39 is 0 Å². The summed E-state index contributed by atoms with van der Waals surface area (Å²) in [7, 11) is 0. The first-order valence-corrected chi connectivity index (χ1v) is 4.26. The molecule has 5 nitrogen and oxygen atoms in total. The van der Waals surface area contributed by atoms with Gasteiger partial charge >= 0.3 is 0 Å². The lowest BCUT2D eigenvalue weighted by Crippen LogP contribution is -2.41. The molecule has 0 saturated heterocycles. The van der Waals surface area contributed by atoms with E-state index in [-0.39, 0.29) is 22.8 Å². The summed E-state index contributed by atoms with van der Waals surface area (Å²) in [5, 5.41) is 2.69. The lowest BCUT2D eigenvalue weighted by atomic mass is 10.1. The van der Waals surface area contributed by atoms with Crippen LogP contribution in [0.25, 0.3) is 0 Å². The first-order valence-electron chi connectivity index (χ1n) is 4.26. The number of aromatic amines is 1. The van der Waals surface area contributed by atoms with Crippen LogP contribution in [-0.2, 0) is 0 Å². The molecule has 0 unspecified atom stereocenters. The number of amides is 1. The second-order valence-corrected chi connectivity index (χ2v) is 3.99. The topological polar surface area (TPSA) is 74.8 Å². The van der Waals surface area contributed by atoms with Gasteiger partial charge in [-0.3, -0.25) is 9.59 Å². The van der Waals surface area contributed by atoms with E-state index in [4.69, 9.17) is 0 Å². The number of nitrogens with one attached hydrogen (secondary N) is 2. The van der Waals surface area contributed by atoms with Gasteiger partial charge in [0.25, 0.3) is 11.5 Å². The molecule has 5 heteroatoms. The van der Waals surface area contributed by atoms with Gasteiger partial charge in [-0.1, -0.05) is 0 Å². The van der Waals surface area contributed by atoms with E-state index in [1.807, 2.05) is 20.8 Å². The highest BCUT2D eigenvalue weighted by Gasteiger charge is 2.16. The molecule has 0 spiro atoms. The van der Waals surface area contributed by atoms with E-state index in [9.17, 15) is 9.59 Å². The summed E-state index contributed by atoms with van der Waals surface area (Å²) in [6, 6.07) is 1.26. The van der Waals surface area contributed by atoms with Crippen molar-refractivity contribution in [1.82, 2.24) is 15.3 Å². The van der Waals surface area contributed by atoms with Crippen LogP contribution in [0.5, 0.6) is 0 Å².